The highest BCUT2D eigenvalue weighted by Crippen LogP contribution is 2.22. The first-order valence-corrected chi connectivity index (χ1v) is 10.7. The first-order chi connectivity index (χ1) is 18.9. The quantitative estimate of drug-likeness (QED) is 0.219. The van der Waals surface area contributed by atoms with Gasteiger partial charge >= 0.3 is 24.3 Å². The fourth-order valence-corrected chi connectivity index (χ4v) is 2.94. The Labute approximate surface area is 222 Å². The maximum atomic E-state index is 13.4. The van der Waals surface area contributed by atoms with Gasteiger partial charge in [0.25, 0.3) is 5.56 Å². The molecule has 2 aromatic heterocycles. The highest BCUT2D eigenvalue weighted by molar-refractivity contribution is 5.83. The summed E-state index contributed by atoms with van der Waals surface area (Å²) in [5, 5.41) is 21.3. The fourth-order valence-electron chi connectivity index (χ4n) is 2.94. The summed E-state index contributed by atoms with van der Waals surface area (Å²) < 4.78 is 89.9. The molecule has 10 nitrogen and oxygen atoms in total. The third-order valence-electron chi connectivity index (χ3n) is 4.83. The van der Waals surface area contributed by atoms with Crippen LogP contribution in [0.5, 0.6) is 0 Å². The second-order valence-electron chi connectivity index (χ2n) is 7.83. The first kappa shape index (κ1) is 32.3. The van der Waals surface area contributed by atoms with Gasteiger partial charge in [0.05, 0.1) is 23.1 Å². The third-order valence-corrected chi connectivity index (χ3v) is 4.83. The predicted octanol–water partition coefficient (Wildman–Crippen LogP) is 4.10. The van der Waals surface area contributed by atoms with Crippen LogP contribution in [0.1, 0.15) is 17.4 Å². The number of halogens is 8. The van der Waals surface area contributed by atoms with E-state index in [1.165, 1.54) is 6.07 Å². The first-order valence-electron chi connectivity index (χ1n) is 10.7. The molecule has 0 unspecified atom stereocenters. The Morgan fingerprint density at radius 2 is 1.49 bits per heavy atom. The second kappa shape index (κ2) is 13.0. The molecule has 0 spiro atoms. The number of aromatic amines is 2. The standard InChI is InChI=1S/C19H15F2N5O.2C2HF3O2/c20-14-3-1-10(5-15(14)21)6-16(22)18-25-17-4-2-11(12-8-23-24-9-12)7-13(17)19(27)26-18;2*3-2(4,5)1(6)7/h1-5,7-9,16H,6,22H2,(H,23,24)(H,25,26,27);2*(H,6,7)/t16-;;/m1../s1. The number of alkyl halides is 6. The summed E-state index contributed by atoms with van der Waals surface area (Å²) in [5.41, 5.74) is 8.51. The molecule has 0 radical (unpaired) electrons. The number of hydrogen-bond acceptors (Lipinski definition) is 6. The molecule has 220 valence electrons. The Hall–Kier alpha value is -4.87. The van der Waals surface area contributed by atoms with Crippen molar-refractivity contribution in [1.29, 1.82) is 0 Å². The largest absolute Gasteiger partial charge is 0.490 e. The second-order valence-corrected chi connectivity index (χ2v) is 7.83. The summed E-state index contributed by atoms with van der Waals surface area (Å²) >= 11 is 0. The average molecular weight is 595 g/mol. The van der Waals surface area contributed by atoms with Crippen molar-refractivity contribution in [2.24, 2.45) is 5.73 Å². The molecule has 0 aliphatic carbocycles. The van der Waals surface area contributed by atoms with E-state index in [0.29, 0.717) is 16.5 Å². The zero-order chi connectivity index (χ0) is 31.1. The van der Waals surface area contributed by atoms with Gasteiger partial charge in [-0.05, 0) is 41.8 Å². The van der Waals surface area contributed by atoms with Crippen LogP contribution in [0.3, 0.4) is 0 Å². The summed E-state index contributed by atoms with van der Waals surface area (Å²) in [7, 11) is 0. The molecule has 0 bridgehead atoms. The molecule has 0 aliphatic rings. The number of carboxylic acid groups (broad SMARTS) is 2. The number of rotatable bonds is 4. The molecule has 2 aromatic carbocycles. The minimum atomic E-state index is -5.08. The van der Waals surface area contributed by atoms with E-state index in [4.69, 9.17) is 25.5 Å². The van der Waals surface area contributed by atoms with E-state index in [-0.39, 0.29) is 17.8 Å². The lowest BCUT2D eigenvalue weighted by Gasteiger charge is -2.12. The number of H-pyrrole nitrogens is 2. The Morgan fingerprint density at radius 3 is 1.98 bits per heavy atom. The molecule has 4 rings (SSSR count). The Kier molecular flexibility index (Phi) is 10.2. The molecule has 41 heavy (non-hydrogen) atoms. The van der Waals surface area contributed by atoms with Gasteiger partial charge in [0.15, 0.2) is 11.6 Å². The number of nitrogens with one attached hydrogen (secondary N) is 2. The van der Waals surface area contributed by atoms with Crippen LogP contribution < -0.4 is 11.3 Å². The number of aromatic nitrogens is 4. The summed E-state index contributed by atoms with van der Waals surface area (Å²) in [6.07, 6.45) is -6.57. The van der Waals surface area contributed by atoms with Crippen LogP contribution in [-0.2, 0) is 16.0 Å². The molecule has 18 heteroatoms. The maximum Gasteiger partial charge on any atom is 0.490 e. The lowest BCUT2D eigenvalue weighted by molar-refractivity contribution is -0.193. The molecule has 0 amide bonds. The monoisotopic (exact) mass is 595 g/mol. The summed E-state index contributed by atoms with van der Waals surface area (Å²) in [6, 6.07) is 8.23. The third kappa shape index (κ3) is 9.38. The van der Waals surface area contributed by atoms with Gasteiger partial charge in [-0.2, -0.15) is 31.4 Å². The zero-order valence-electron chi connectivity index (χ0n) is 20.0. The molecule has 1 atom stereocenters. The summed E-state index contributed by atoms with van der Waals surface area (Å²) in [6.45, 7) is 0. The molecule has 0 saturated heterocycles. The molecule has 4 aromatic rings. The van der Waals surface area contributed by atoms with Crippen LogP contribution in [0.2, 0.25) is 0 Å². The van der Waals surface area contributed by atoms with Crippen molar-refractivity contribution in [2.75, 3.05) is 0 Å². The van der Waals surface area contributed by atoms with Crippen molar-refractivity contribution >= 4 is 22.8 Å². The van der Waals surface area contributed by atoms with Crippen LogP contribution in [-0.4, -0.2) is 54.7 Å². The Bertz CT molecular complexity index is 1550. The van der Waals surface area contributed by atoms with Crippen LogP contribution in [0, 0.1) is 11.6 Å². The van der Waals surface area contributed by atoms with E-state index in [2.05, 4.69) is 20.2 Å². The van der Waals surface area contributed by atoms with Gasteiger partial charge in [-0.25, -0.2) is 23.4 Å². The normalized spacial score (nSPS) is 12.0. The maximum absolute atomic E-state index is 13.4. The van der Waals surface area contributed by atoms with E-state index < -0.39 is 42.0 Å². The highest BCUT2D eigenvalue weighted by Gasteiger charge is 2.38. The van der Waals surface area contributed by atoms with Gasteiger partial charge in [-0.15, -0.1) is 0 Å². The van der Waals surface area contributed by atoms with Crippen molar-refractivity contribution in [3.8, 4) is 11.1 Å². The van der Waals surface area contributed by atoms with Crippen molar-refractivity contribution in [2.45, 2.75) is 24.8 Å². The Morgan fingerprint density at radius 1 is 0.902 bits per heavy atom. The van der Waals surface area contributed by atoms with Crippen molar-refractivity contribution in [3.63, 3.8) is 0 Å². The Balaban J connectivity index is 0.000000349. The van der Waals surface area contributed by atoms with Crippen LogP contribution in [0.15, 0.2) is 53.6 Å². The number of hydrogen-bond donors (Lipinski definition) is 5. The molecular weight excluding hydrogens is 578 g/mol. The smallest absolute Gasteiger partial charge is 0.475 e. The van der Waals surface area contributed by atoms with Gasteiger partial charge < -0.3 is 20.9 Å². The van der Waals surface area contributed by atoms with Gasteiger partial charge in [0, 0.05) is 11.8 Å². The lowest BCUT2D eigenvalue weighted by Crippen LogP contribution is -2.21. The number of nitrogens with zero attached hydrogens (tertiary/aromatic N) is 2. The van der Waals surface area contributed by atoms with Gasteiger partial charge in [0.1, 0.15) is 5.82 Å². The van der Waals surface area contributed by atoms with E-state index >= 15 is 0 Å². The van der Waals surface area contributed by atoms with Gasteiger partial charge in [0.2, 0.25) is 0 Å². The molecule has 0 aliphatic heterocycles. The van der Waals surface area contributed by atoms with Gasteiger partial charge in [-0.1, -0.05) is 12.1 Å². The number of fused-ring (bicyclic) bond motifs is 1. The number of carboxylic acids is 2. The van der Waals surface area contributed by atoms with Crippen molar-refractivity contribution < 1.29 is 54.9 Å². The zero-order valence-corrected chi connectivity index (χ0v) is 20.0. The van der Waals surface area contributed by atoms with Crippen LogP contribution >= 0.6 is 0 Å². The number of nitrogens with two attached hydrogens (primary N) is 1. The van der Waals surface area contributed by atoms with E-state index in [9.17, 15) is 39.9 Å². The number of aliphatic carboxylic acids is 2. The minimum Gasteiger partial charge on any atom is -0.475 e. The van der Waals surface area contributed by atoms with E-state index in [1.54, 1.807) is 24.5 Å². The fraction of sp³-hybridized carbons (Fsp3) is 0.174. The van der Waals surface area contributed by atoms with Crippen LogP contribution in [0.25, 0.3) is 22.0 Å². The van der Waals surface area contributed by atoms with Gasteiger partial charge in [-0.3, -0.25) is 9.89 Å². The van der Waals surface area contributed by atoms with Crippen molar-refractivity contribution in [1.82, 2.24) is 20.2 Å². The van der Waals surface area contributed by atoms with E-state index in [0.717, 1.165) is 23.3 Å². The summed E-state index contributed by atoms with van der Waals surface area (Å²) in [5.74, 6) is -7.09. The SMILES string of the molecule is N[C@H](Cc1ccc(F)c(F)c1)c1nc2ccc(-c3cn[nH]c3)cc2c(=O)[nH]1.O=C(O)C(F)(F)F.O=C(O)C(F)(F)F. The molecular formula is C23H17F8N5O5. The molecule has 6 N–H and O–H groups in total. The highest BCUT2D eigenvalue weighted by atomic mass is 19.4. The number of carbonyl (C=O) groups is 2. The number of benzene rings is 2. The van der Waals surface area contributed by atoms with E-state index in [1.807, 2.05) is 6.07 Å². The van der Waals surface area contributed by atoms with Crippen molar-refractivity contribution in [3.05, 3.63) is 82.2 Å². The molecule has 2 heterocycles. The topological polar surface area (TPSA) is 175 Å². The lowest BCUT2D eigenvalue weighted by atomic mass is 10.0. The molecule has 0 saturated carbocycles. The van der Waals surface area contributed by atoms with Crippen LogP contribution in [0.4, 0.5) is 35.1 Å². The minimum absolute atomic E-state index is 0.207. The summed E-state index contributed by atoms with van der Waals surface area (Å²) in [4.78, 5) is 37.4. The molecule has 0 fully saturated rings. The predicted molar refractivity (Wildman–Crippen MR) is 124 cm³/mol. The average Bonchev–Trinajstić information content (AvgIpc) is 3.41.